The Morgan fingerprint density at radius 1 is 1.28 bits per heavy atom. The lowest BCUT2D eigenvalue weighted by Crippen LogP contribution is -2.17. The lowest BCUT2D eigenvalue weighted by atomic mass is 9.88. The normalized spacial score (nSPS) is 15.3. The fourth-order valence-corrected chi connectivity index (χ4v) is 5.93. The molecule has 1 aliphatic carbocycles. The molecule has 1 amide bonds. The van der Waals surface area contributed by atoms with Crippen molar-refractivity contribution in [1.82, 2.24) is 5.16 Å². The maximum atomic E-state index is 13.4. The number of benzene rings is 1. The number of rotatable bonds is 5. The quantitative estimate of drug-likeness (QED) is 0.407. The van der Waals surface area contributed by atoms with Gasteiger partial charge in [-0.15, -0.1) is 11.3 Å². The monoisotopic (exact) mass is 492 g/mol. The number of halogens is 2. The number of anilines is 1. The Kier molecular flexibility index (Phi) is 6.60. The topological polar surface area (TPSA) is 81.4 Å². The van der Waals surface area contributed by atoms with Crippen LogP contribution < -0.4 is 5.32 Å². The average Bonchev–Trinajstić information content (AvgIpc) is 3.27. The predicted molar refractivity (Wildman–Crippen MR) is 126 cm³/mol. The molecule has 0 bridgehead atoms. The van der Waals surface area contributed by atoms with Crippen molar-refractivity contribution in [2.75, 3.05) is 11.9 Å². The minimum Gasteiger partial charge on any atom is -0.462 e. The molecule has 2 heterocycles. The van der Waals surface area contributed by atoms with Crippen LogP contribution in [0.15, 0.2) is 22.7 Å². The summed E-state index contributed by atoms with van der Waals surface area (Å²) in [5, 5.41) is 8.13. The Balaban J connectivity index is 1.75. The highest BCUT2D eigenvalue weighted by atomic mass is 35.5. The summed E-state index contributed by atoms with van der Waals surface area (Å²) < 4.78 is 10.6. The van der Waals surface area contributed by atoms with Gasteiger partial charge in [-0.1, -0.05) is 41.3 Å². The van der Waals surface area contributed by atoms with Crippen molar-refractivity contribution >= 4 is 51.4 Å². The van der Waals surface area contributed by atoms with E-state index >= 15 is 0 Å². The summed E-state index contributed by atoms with van der Waals surface area (Å²) in [5.41, 5.74) is 2.30. The molecule has 0 saturated heterocycles. The number of carbonyl (C=O) groups excluding carboxylic acids is 2. The third kappa shape index (κ3) is 4.17. The fraction of sp³-hybridized carbons (Fsp3) is 0.348. The number of esters is 1. The van der Waals surface area contributed by atoms with E-state index in [1.54, 1.807) is 32.0 Å². The van der Waals surface area contributed by atoms with E-state index in [2.05, 4.69) is 17.4 Å². The van der Waals surface area contributed by atoms with Gasteiger partial charge in [-0.25, -0.2) is 4.79 Å². The van der Waals surface area contributed by atoms with Crippen LogP contribution in [0.4, 0.5) is 5.00 Å². The zero-order valence-corrected chi connectivity index (χ0v) is 20.2. The van der Waals surface area contributed by atoms with Gasteiger partial charge in [0.25, 0.3) is 5.91 Å². The summed E-state index contributed by atoms with van der Waals surface area (Å²) in [5.74, 6) is -0.0339. The third-order valence-electron chi connectivity index (χ3n) is 5.51. The van der Waals surface area contributed by atoms with Gasteiger partial charge >= 0.3 is 5.97 Å². The molecule has 32 heavy (non-hydrogen) atoms. The SMILES string of the molecule is CCOC(=O)c1c(NC(=O)c2c(-c3c(Cl)cccc3Cl)noc2C)sc2c1CCC(C)C2. The van der Waals surface area contributed by atoms with Crippen LogP contribution in [-0.4, -0.2) is 23.6 Å². The highest BCUT2D eigenvalue weighted by Gasteiger charge is 2.31. The fourth-order valence-electron chi connectivity index (χ4n) is 3.96. The molecule has 9 heteroatoms. The number of nitrogens with one attached hydrogen (secondary N) is 1. The lowest BCUT2D eigenvalue weighted by molar-refractivity contribution is 0.0526. The number of nitrogens with zero attached hydrogens (tertiary/aromatic N) is 1. The molecule has 6 nitrogen and oxygen atoms in total. The van der Waals surface area contributed by atoms with Crippen molar-refractivity contribution in [2.45, 2.75) is 40.0 Å². The first-order valence-corrected chi connectivity index (χ1v) is 11.9. The molecule has 2 aromatic heterocycles. The van der Waals surface area contributed by atoms with Crippen LogP contribution in [0, 0.1) is 12.8 Å². The summed E-state index contributed by atoms with van der Waals surface area (Å²) in [6, 6.07) is 5.05. The molecule has 3 aromatic rings. The number of fused-ring (bicyclic) bond motifs is 1. The van der Waals surface area contributed by atoms with Crippen molar-refractivity contribution in [3.05, 3.63) is 55.6 Å². The molecule has 1 unspecified atom stereocenters. The van der Waals surface area contributed by atoms with Crippen LogP contribution in [0.3, 0.4) is 0 Å². The summed E-state index contributed by atoms with van der Waals surface area (Å²) in [6.45, 7) is 5.85. The molecule has 4 rings (SSSR count). The van der Waals surface area contributed by atoms with Crippen molar-refractivity contribution < 1.29 is 18.8 Å². The molecule has 0 spiro atoms. The van der Waals surface area contributed by atoms with Crippen LogP contribution in [-0.2, 0) is 17.6 Å². The number of carbonyl (C=O) groups is 2. The first kappa shape index (κ1) is 22.8. The van der Waals surface area contributed by atoms with Gasteiger partial charge in [-0.3, -0.25) is 4.79 Å². The summed E-state index contributed by atoms with van der Waals surface area (Å²) >= 11 is 14.1. The minimum atomic E-state index is -0.452. The van der Waals surface area contributed by atoms with Crippen LogP contribution in [0.2, 0.25) is 10.0 Å². The van der Waals surface area contributed by atoms with E-state index in [-0.39, 0.29) is 17.9 Å². The van der Waals surface area contributed by atoms with E-state index in [1.807, 2.05) is 0 Å². The van der Waals surface area contributed by atoms with Gasteiger partial charge in [0, 0.05) is 10.4 Å². The average molecular weight is 493 g/mol. The highest BCUT2D eigenvalue weighted by molar-refractivity contribution is 7.17. The van der Waals surface area contributed by atoms with E-state index < -0.39 is 11.9 Å². The Bertz CT molecular complexity index is 1180. The van der Waals surface area contributed by atoms with Gasteiger partial charge in [0.2, 0.25) is 0 Å². The van der Waals surface area contributed by atoms with E-state index in [0.29, 0.717) is 37.9 Å². The number of thiophene rings is 1. The molecule has 1 aromatic carbocycles. The predicted octanol–water partition coefficient (Wildman–Crippen LogP) is 6.57. The van der Waals surface area contributed by atoms with Gasteiger partial charge < -0.3 is 14.6 Å². The molecular formula is C23H22Cl2N2O4S. The first-order chi connectivity index (χ1) is 15.3. The maximum Gasteiger partial charge on any atom is 0.341 e. The van der Waals surface area contributed by atoms with Crippen LogP contribution in [0.25, 0.3) is 11.3 Å². The zero-order valence-electron chi connectivity index (χ0n) is 17.9. The van der Waals surface area contributed by atoms with Gasteiger partial charge in [0.15, 0.2) is 0 Å². The second-order valence-electron chi connectivity index (χ2n) is 7.79. The highest BCUT2D eigenvalue weighted by Crippen LogP contribution is 2.41. The zero-order chi connectivity index (χ0) is 23.0. The molecule has 1 aliphatic rings. The third-order valence-corrected chi connectivity index (χ3v) is 7.31. The van der Waals surface area contributed by atoms with E-state index in [9.17, 15) is 9.59 Å². The van der Waals surface area contributed by atoms with Crippen molar-refractivity contribution in [2.24, 2.45) is 5.92 Å². The van der Waals surface area contributed by atoms with Crippen LogP contribution in [0.1, 0.15) is 57.2 Å². The number of hydrogen-bond donors (Lipinski definition) is 1. The van der Waals surface area contributed by atoms with Gasteiger partial charge in [0.1, 0.15) is 22.0 Å². The standard InChI is InChI=1S/C23H22Cl2N2O4S/c1-4-30-23(29)18-13-9-8-11(2)10-16(13)32-22(18)26-21(28)17-12(3)31-27-20(17)19-14(24)6-5-7-15(19)25/h5-7,11H,4,8-10H2,1-3H3,(H,26,28). The largest absolute Gasteiger partial charge is 0.462 e. The lowest BCUT2D eigenvalue weighted by Gasteiger charge is -2.18. The van der Waals surface area contributed by atoms with Crippen LogP contribution >= 0.6 is 34.5 Å². The molecule has 1 N–H and O–H groups in total. The Labute approximate surface area is 199 Å². The number of aryl methyl sites for hydroxylation is 1. The van der Waals surface area contributed by atoms with Gasteiger partial charge in [0.05, 0.1) is 22.2 Å². The Morgan fingerprint density at radius 2 is 2.00 bits per heavy atom. The summed E-state index contributed by atoms with van der Waals surface area (Å²) in [4.78, 5) is 27.2. The summed E-state index contributed by atoms with van der Waals surface area (Å²) in [6.07, 6.45) is 2.64. The molecule has 0 fully saturated rings. The molecule has 0 radical (unpaired) electrons. The molecule has 1 atom stereocenters. The van der Waals surface area contributed by atoms with Crippen molar-refractivity contribution in [3.8, 4) is 11.3 Å². The Morgan fingerprint density at radius 3 is 2.69 bits per heavy atom. The molecule has 168 valence electrons. The number of hydrogen-bond acceptors (Lipinski definition) is 6. The van der Waals surface area contributed by atoms with E-state index in [4.69, 9.17) is 32.5 Å². The smallest absolute Gasteiger partial charge is 0.341 e. The van der Waals surface area contributed by atoms with E-state index in [0.717, 1.165) is 29.7 Å². The molecular weight excluding hydrogens is 471 g/mol. The van der Waals surface area contributed by atoms with Gasteiger partial charge in [-0.2, -0.15) is 0 Å². The van der Waals surface area contributed by atoms with Gasteiger partial charge in [-0.05, 0) is 56.7 Å². The first-order valence-electron chi connectivity index (χ1n) is 10.3. The second kappa shape index (κ2) is 9.25. The minimum absolute atomic E-state index is 0.217. The molecule has 0 aliphatic heterocycles. The Hall–Kier alpha value is -2.35. The van der Waals surface area contributed by atoms with E-state index in [1.165, 1.54) is 11.3 Å². The second-order valence-corrected chi connectivity index (χ2v) is 9.71. The summed E-state index contributed by atoms with van der Waals surface area (Å²) in [7, 11) is 0. The maximum absolute atomic E-state index is 13.4. The number of aromatic nitrogens is 1. The van der Waals surface area contributed by atoms with Crippen molar-refractivity contribution in [3.63, 3.8) is 0 Å². The van der Waals surface area contributed by atoms with Crippen molar-refractivity contribution in [1.29, 1.82) is 0 Å². The molecule has 0 saturated carbocycles. The number of amides is 1. The van der Waals surface area contributed by atoms with Crippen LogP contribution in [0.5, 0.6) is 0 Å². The number of ether oxygens (including phenoxy) is 1.